The van der Waals surface area contributed by atoms with Crippen LogP contribution >= 0.6 is 0 Å². The Hall–Kier alpha value is -2.25. The number of amides is 1. The highest BCUT2D eigenvalue weighted by Crippen LogP contribution is 2.61. The third-order valence-corrected chi connectivity index (χ3v) is 10.8. The lowest BCUT2D eigenvalue weighted by atomic mass is 9.50. The lowest BCUT2D eigenvalue weighted by Crippen LogP contribution is -2.67. The molecule has 4 bridgehead atoms. The molecule has 5 rings (SSSR count). The fraction of sp³-hybridized carbons (Fsp3) is 0.871. The zero-order valence-electron chi connectivity index (χ0n) is 27.0. The van der Waals surface area contributed by atoms with Crippen LogP contribution in [0.15, 0.2) is 0 Å². The molecule has 3 N–H and O–H groups in total. The van der Waals surface area contributed by atoms with Gasteiger partial charge in [-0.15, -0.1) is 0 Å². The number of hydrogen-bond acceptors (Lipinski definition) is 11. The monoisotopic (exact) mass is 643 g/mol. The van der Waals surface area contributed by atoms with Crippen molar-refractivity contribution in [2.24, 2.45) is 22.2 Å². The van der Waals surface area contributed by atoms with E-state index in [1.54, 1.807) is 27.7 Å². The Kier molecular flexibility index (Phi) is 8.60. The van der Waals surface area contributed by atoms with Gasteiger partial charge in [0.05, 0.1) is 41.3 Å². The molecule has 4 saturated carbocycles. The molecule has 0 radical (unpaired) electrons. The van der Waals surface area contributed by atoms with Crippen LogP contribution in [0, 0.1) is 22.2 Å². The maximum absolute atomic E-state index is 14.1. The molecule has 1 heterocycles. The number of carbonyl (C=O) groups excluding carboxylic acids is 4. The number of esters is 3. The van der Waals surface area contributed by atoms with Gasteiger partial charge >= 0.3 is 17.9 Å². The van der Waals surface area contributed by atoms with Gasteiger partial charge in [-0.1, -0.05) is 20.8 Å². The Morgan fingerprint density at radius 2 is 1.52 bits per heavy atom. The quantitative estimate of drug-likeness (QED) is 0.222. The molecule has 1 saturated heterocycles. The minimum absolute atomic E-state index is 0.0271. The summed E-state index contributed by atoms with van der Waals surface area (Å²) in [5, 5.41) is 22.4. The smallest absolute Gasteiger partial charge is 0.312 e. The van der Waals surface area contributed by atoms with Crippen LogP contribution in [-0.4, -0.2) is 77.7 Å². The Morgan fingerprint density at radius 1 is 0.955 bits per heavy atom. The van der Waals surface area contributed by atoms with Crippen molar-refractivity contribution in [3.05, 3.63) is 0 Å². The number of sulfonamides is 1. The molecule has 0 aromatic heterocycles. The van der Waals surface area contributed by atoms with Gasteiger partial charge in [0.15, 0.2) is 0 Å². The average molecular weight is 644 g/mol. The van der Waals surface area contributed by atoms with Gasteiger partial charge < -0.3 is 24.4 Å². The van der Waals surface area contributed by atoms with Crippen LogP contribution < -0.4 is 4.72 Å². The maximum atomic E-state index is 14.1. The zero-order valence-corrected chi connectivity index (χ0v) is 27.9. The second-order valence-corrected chi connectivity index (χ2v) is 17.7. The summed E-state index contributed by atoms with van der Waals surface area (Å²) in [6.45, 7) is 9.76. The first-order valence-corrected chi connectivity index (χ1v) is 17.4. The number of hydrogen-bond donors (Lipinski definition) is 3. The maximum Gasteiger partial charge on any atom is 0.312 e. The van der Waals surface area contributed by atoms with Crippen LogP contribution in [0.25, 0.3) is 0 Å². The topological polar surface area (TPSA) is 183 Å². The largest absolute Gasteiger partial charge is 0.465 e. The second-order valence-electron chi connectivity index (χ2n) is 15.9. The van der Waals surface area contributed by atoms with E-state index in [0.717, 1.165) is 6.26 Å². The number of rotatable bonds is 11. The molecule has 12 nitrogen and oxygen atoms in total. The van der Waals surface area contributed by atoms with Gasteiger partial charge in [0.25, 0.3) is 0 Å². The first-order chi connectivity index (χ1) is 19.9. The molecule has 5 aliphatic rings. The summed E-state index contributed by atoms with van der Waals surface area (Å²) in [7, 11) is -3.89. The van der Waals surface area contributed by atoms with Gasteiger partial charge in [-0.25, -0.2) is 8.42 Å². The van der Waals surface area contributed by atoms with E-state index in [1.807, 2.05) is 4.72 Å². The Bertz CT molecular complexity index is 1310. The molecular weight excluding hydrogens is 594 g/mol. The summed E-state index contributed by atoms with van der Waals surface area (Å²) in [5.41, 5.74) is -8.58. The predicted octanol–water partition coefficient (Wildman–Crippen LogP) is 2.67. The van der Waals surface area contributed by atoms with Crippen molar-refractivity contribution in [2.75, 3.05) is 12.9 Å². The van der Waals surface area contributed by atoms with Gasteiger partial charge in [0.2, 0.25) is 15.9 Å². The van der Waals surface area contributed by atoms with Crippen molar-refractivity contribution >= 4 is 33.8 Å². The van der Waals surface area contributed by atoms with Crippen molar-refractivity contribution in [1.29, 1.82) is 0 Å². The van der Waals surface area contributed by atoms with Crippen LogP contribution in [0.5, 0.6) is 0 Å². The molecule has 0 spiro atoms. The standard InChI is InChI=1S/C31H49NO11S/c1-8-26(4,23(35)43-31-13-20-11-29(37,18-31)17-30(38,12-20)19-31)16-27(5,15-25(2,3)22(34)32-44(7,39)40)24(36)42-28(6)9-10-41-21(33)14-28/h20,37-38H,8-19H2,1-7H3,(H,32,34). The molecule has 1 aliphatic heterocycles. The van der Waals surface area contributed by atoms with E-state index in [-0.39, 0.29) is 63.9 Å². The highest BCUT2D eigenvalue weighted by Gasteiger charge is 2.65. The Balaban J connectivity index is 1.63. The highest BCUT2D eigenvalue weighted by molar-refractivity contribution is 7.89. The van der Waals surface area contributed by atoms with Crippen LogP contribution in [-0.2, 0) is 43.4 Å². The molecule has 0 aromatic rings. The van der Waals surface area contributed by atoms with Gasteiger partial charge in [-0.2, -0.15) is 0 Å². The van der Waals surface area contributed by atoms with Gasteiger partial charge in [0.1, 0.15) is 11.2 Å². The van der Waals surface area contributed by atoms with Gasteiger partial charge in [0, 0.05) is 31.1 Å². The summed E-state index contributed by atoms with van der Waals surface area (Å²) in [4.78, 5) is 53.3. The molecule has 5 unspecified atom stereocenters. The van der Waals surface area contributed by atoms with Gasteiger partial charge in [-0.3, -0.25) is 23.9 Å². The summed E-state index contributed by atoms with van der Waals surface area (Å²) >= 11 is 0. The van der Waals surface area contributed by atoms with Crippen molar-refractivity contribution in [1.82, 2.24) is 4.72 Å². The first-order valence-electron chi connectivity index (χ1n) is 15.5. The Morgan fingerprint density at radius 3 is 2.02 bits per heavy atom. The molecule has 4 aliphatic carbocycles. The fourth-order valence-electron chi connectivity index (χ4n) is 8.71. The lowest BCUT2D eigenvalue weighted by Gasteiger charge is -2.62. The third kappa shape index (κ3) is 7.25. The van der Waals surface area contributed by atoms with Crippen LogP contribution in [0.3, 0.4) is 0 Å². The van der Waals surface area contributed by atoms with Gasteiger partial charge in [-0.05, 0) is 65.2 Å². The van der Waals surface area contributed by atoms with Crippen LogP contribution in [0.4, 0.5) is 0 Å². The van der Waals surface area contributed by atoms with E-state index in [1.165, 1.54) is 13.8 Å². The summed E-state index contributed by atoms with van der Waals surface area (Å²) in [6, 6.07) is 0. The molecule has 1 amide bonds. The Labute approximate surface area is 260 Å². The SMILES string of the molecule is CCC(C)(CC(C)(CC(C)(C)C(=O)NS(C)(=O)=O)C(=O)OC1(C)CCOC(=O)C1)C(=O)OC12CC3CC(O)(CC(O)(C3)C1)C2. The lowest BCUT2D eigenvalue weighted by molar-refractivity contribution is -0.265. The summed E-state index contributed by atoms with van der Waals surface area (Å²) in [6.07, 6.45) is 3.29. The number of aliphatic hydroxyl groups is 2. The average Bonchev–Trinajstić information content (AvgIpc) is 2.79. The molecule has 5 fully saturated rings. The number of nitrogens with one attached hydrogen (secondary N) is 1. The molecular formula is C31H49NO11S. The minimum Gasteiger partial charge on any atom is -0.465 e. The van der Waals surface area contributed by atoms with Crippen LogP contribution in [0.2, 0.25) is 0 Å². The minimum atomic E-state index is -3.89. The first kappa shape index (κ1) is 34.6. The molecule has 0 aromatic carbocycles. The highest BCUT2D eigenvalue weighted by atomic mass is 32.2. The summed E-state index contributed by atoms with van der Waals surface area (Å²) in [5.74, 6) is -2.62. The van der Waals surface area contributed by atoms with Crippen molar-refractivity contribution < 1.29 is 52.0 Å². The van der Waals surface area contributed by atoms with Crippen molar-refractivity contribution in [3.8, 4) is 0 Å². The molecule has 250 valence electrons. The third-order valence-electron chi connectivity index (χ3n) is 10.3. The normalized spacial score (nSPS) is 36.0. The van der Waals surface area contributed by atoms with E-state index >= 15 is 0 Å². The molecule has 44 heavy (non-hydrogen) atoms. The zero-order chi connectivity index (χ0) is 33.2. The molecule has 13 heteroatoms. The number of cyclic esters (lactones) is 1. The van der Waals surface area contributed by atoms with E-state index in [9.17, 15) is 37.8 Å². The van der Waals surface area contributed by atoms with Crippen molar-refractivity contribution in [3.63, 3.8) is 0 Å². The number of carbonyl (C=O) groups is 4. The van der Waals surface area contributed by atoms with Crippen molar-refractivity contribution in [2.45, 2.75) is 135 Å². The predicted molar refractivity (Wildman–Crippen MR) is 157 cm³/mol. The summed E-state index contributed by atoms with van der Waals surface area (Å²) < 4.78 is 43.0. The fourth-order valence-corrected chi connectivity index (χ4v) is 9.33. The van der Waals surface area contributed by atoms with E-state index < -0.39 is 72.5 Å². The second kappa shape index (κ2) is 10.9. The van der Waals surface area contributed by atoms with Crippen LogP contribution in [0.1, 0.15) is 112 Å². The van der Waals surface area contributed by atoms with E-state index in [4.69, 9.17) is 14.2 Å². The number of ether oxygens (including phenoxy) is 3. The van der Waals surface area contributed by atoms with E-state index in [2.05, 4.69) is 0 Å². The van der Waals surface area contributed by atoms with E-state index in [0.29, 0.717) is 19.3 Å². The molecule has 5 atom stereocenters.